The van der Waals surface area contributed by atoms with Crippen LogP contribution in [-0.2, 0) is 4.79 Å². The van der Waals surface area contributed by atoms with Crippen molar-refractivity contribution in [2.24, 2.45) is 5.92 Å². The highest BCUT2D eigenvalue weighted by molar-refractivity contribution is 5.92. The van der Waals surface area contributed by atoms with Gasteiger partial charge in [-0.25, -0.2) is 27.1 Å². The number of amides is 2. The van der Waals surface area contributed by atoms with Gasteiger partial charge in [-0.1, -0.05) is 0 Å². The molecule has 2 unspecified atom stereocenters. The maximum absolute atomic E-state index is 14.0. The van der Waals surface area contributed by atoms with E-state index in [9.17, 15) is 40.3 Å². The van der Waals surface area contributed by atoms with Crippen LogP contribution in [0.3, 0.4) is 0 Å². The number of fused-ring (bicyclic) bond motifs is 1. The summed E-state index contributed by atoms with van der Waals surface area (Å²) in [4.78, 5) is 30.2. The van der Waals surface area contributed by atoms with Crippen LogP contribution in [0.5, 0.6) is 0 Å². The Bertz CT molecular complexity index is 1390. The summed E-state index contributed by atoms with van der Waals surface area (Å²) in [6, 6.07) is 1.80. The maximum atomic E-state index is 14.0. The van der Waals surface area contributed by atoms with E-state index in [0.717, 1.165) is 6.20 Å². The average molecular weight is 606 g/mol. The Kier molecular flexibility index (Phi) is 9.11. The smallest absolute Gasteiger partial charge is 0.346 e. The van der Waals surface area contributed by atoms with Gasteiger partial charge in [0.15, 0.2) is 5.65 Å². The third-order valence-electron chi connectivity index (χ3n) is 7.19. The molecule has 0 saturated heterocycles. The number of imidazole rings is 1. The summed E-state index contributed by atoms with van der Waals surface area (Å²) >= 11 is 0. The van der Waals surface area contributed by atoms with Crippen LogP contribution in [0, 0.1) is 5.92 Å². The zero-order valence-corrected chi connectivity index (χ0v) is 22.7. The van der Waals surface area contributed by atoms with Gasteiger partial charge in [-0.15, -0.1) is 0 Å². The Balaban J connectivity index is 1.66. The molecule has 9 nitrogen and oxygen atoms in total. The van der Waals surface area contributed by atoms with Crippen molar-refractivity contribution in [2.45, 2.75) is 82.5 Å². The third kappa shape index (κ3) is 7.56. The molecule has 2 N–H and O–H groups in total. The third-order valence-corrected chi connectivity index (χ3v) is 7.19. The zero-order valence-electron chi connectivity index (χ0n) is 22.7. The quantitative estimate of drug-likeness (QED) is 0.309. The topological polar surface area (TPSA) is 106 Å². The number of halogens is 7. The number of hydrogen-bond acceptors (Lipinski definition) is 5. The van der Waals surface area contributed by atoms with Crippen molar-refractivity contribution >= 4 is 17.5 Å². The second kappa shape index (κ2) is 12.3. The molecular weight excluding hydrogens is 575 g/mol. The molecule has 1 saturated carbocycles. The Morgan fingerprint density at radius 3 is 2.45 bits per heavy atom. The molecule has 1 aliphatic rings. The summed E-state index contributed by atoms with van der Waals surface area (Å²) in [5.41, 5.74) is 0.488. The normalized spacial score (nSPS) is 17.5. The first-order chi connectivity index (χ1) is 19.6. The van der Waals surface area contributed by atoms with Crippen LogP contribution in [0.15, 0.2) is 30.7 Å². The van der Waals surface area contributed by atoms with Crippen molar-refractivity contribution in [3.8, 4) is 0 Å². The molecular formula is C26H30F7N7O2. The van der Waals surface area contributed by atoms with Crippen molar-refractivity contribution in [1.29, 1.82) is 0 Å². The van der Waals surface area contributed by atoms with Crippen molar-refractivity contribution in [3.63, 3.8) is 0 Å². The average Bonchev–Trinajstić information content (AvgIpc) is 3.56. The fourth-order valence-corrected chi connectivity index (χ4v) is 5.08. The minimum atomic E-state index is -4.74. The Morgan fingerprint density at radius 1 is 1.14 bits per heavy atom. The summed E-state index contributed by atoms with van der Waals surface area (Å²) in [7, 11) is 0. The van der Waals surface area contributed by atoms with Crippen LogP contribution < -0.4 is 10.6 Å². The molecule has 16 heteroatoms. The molecule has 4 rings (SSSR count). The van der Waals surface area contributed by atoms with E-state index in [2.05, 4.69) is 20.5 Å². The predicted molar refractivity (Wildman–Crippen MR) is 135 cm³/mol. The molecule has 1 aliphatic carbocycles. The molecule has 0 spiro atoms. The van der Waals surface area contributed by atoms with E-state index in [1.165, 1.54) is 33.7 Å². The van der Waals surface area contributed by atoms with E-state index >= 15 is 0 Å². The lowest BCUT2D eigenvalue weighted by Crippen LogP contribution is -2.38. The molecule has 2 amide bonds. The molecule has 3 heterocycles. The van der Waals surface area contributed by atoms with Gasteiger partial charge in [-0.3, -0.25) is 14.3 Å². The Morgan fingerprint density at radius 2 is 1.83 bits per heavy atom. The van der Waals surface area contributed by atoms with Gasteiger partial charge in [0.2, 0.25) is 18.3 Å². The van der Waals surface area contributed by atoms with Crippen molar-refractivity contribution < 1.29 is 40.3 Å². The van der Waals surface area contributed by atoms with E-state index in [1.807, 2.05) is 13.8 Å². The van der Waals surface area contributed by atoms with E-state index in [4.69, 9.17) is 0 Å². The van der Waals surface area contributed by atoms with Crippen LogP contribution in [0.25, 0.3) is 5.65 Å². The number of aromatic nitrogens is 5. The number of carbonyl (C=O) groups excluding carboxylic acids is 2. The highest BCUT2D eigenvalue weighted by atomic mass is 19.4. The highest BCUT2D eigenvalue weighted by Crippen LogP contribution is 2.41. The van der Waals surface area contributed by atoms with Gasteiger partial charge in [0.1, 0.15) is 12.2 Å². The lowest BCUT2D eigenvalue weighted by atomic mass is 9.81. The molecule has 3 aromatic rings. The number of hydrogen-bond donors (Lipinski definition) is 2. The van der Waals surface area contributed by atoms with Gasteiger partial charge in [-0.05, 0) is 50.3 Å². The first-order valence-corrected chi connectivity index (χ1v) is 13.3. The maximum Gasteiger partial charge on any atom is 0.405 e. The van der Waals surface area contributed by atoms with Crippen LogP contribution in [0.2, 0.25) is 0 Å². The number of rotatable bonds is 10. The molecule has 2 atom stereocenters. The van der Waals surface area contributed by atoms with Gasteiger partial charge in [0.05, 0.1) is 30.0 Å². The first-order valence-electron chi connectivity index (χ1n) is 13.3. The van der Waals surface area contributed by atoms with Crippen molar-refractivity contribution in [2.75, 3.05) is 6.54 Å². The summed E-state index contributed by atoms with van der Waals surface area (Å²) in [6.45, 7) is 1.98. The summed E-state index contributed by atoms with van der Waals surface area (Å²) < 4.78 is 95.0. The molecule has 42 heavy (non-hydrogen) atoms. The monoisotopic (exact) mass is 605 g/mol. The summed E-state index contributed by atoms with van der Waals surface area (Å²) in [5, 5.41) is 12.8. The van der Waals surface area contributed by atoms with E-state index in [0.29, 0.717) is 0 Å². The van der Waals surface area contributed by atoms with E-state index in [1.54, 1.807) is 5.32 Å². The fraction of sp³-hybridized carbons (Fsp3) is 0.577. The summed E-state index contributed by atoms with van der Waals surface area (Å²) in [6.07, 6.45) is -5.39. The second-order valence-corrected chi connectivity index (χ2v) is 10.7. The van der Waals surface area contributed by atoms with Crippen LogP contribution >= 0.6 is 0 Å². The molecule has 0 bridgehead atoms. The largest absolute Gasteiger partial charge is 0.405 e. The Hall–Kier alpha value is -3.72. The number of nitrogens with one attached hydrogen (secondary N) is 2. The van der Waals surface area contributed by atoms with Gasteiger partial charge in [0.25, 0.3) is 5.91 Å². The first kappa shape index (κ1) is 31.2. The zero-order chi connectivity index (χ0) is 30.8. The van der Waals surface area contributed by atoms with Crippen LogP contribution in [0.4, 0.5) is 30.7 Å². The van der Waals surface area contributed by atoms with Crippen LogP contribution in [-0.4, -0.2) is 61.3 Å². The predicted octanol–water partition coefficient (Wildman–Crippen LogP) is 5.22. The van der Waals surface area contributed by atoms with E-state index in [-0.39, 0.29) is 54.3 Å². The minimum absolute atomic E-state index is 0.0676. The standard InChI is InChI=1S/C26H30F7N7O2/c1-14(2)40-19(5-8-35-40)24(42)38-22(15-3-6-25(29,30)7-4-15)18-12-39-21(37-18)9-16(11-36-39)17(10-20(27)28)23(41)34-13-26(31,32)33/h5,8-9,11-12,14-15,17,20,22H,3-4,6-7,10,13H2,1-2H3,(H,34,41)(H,38,42). The highest BCUT2D eigenvalue weighted by Gasteiger charge is 2.40. The summed E-state index contributed by atoms with van der Waals surface area (Å²) in [5.74, 6) is -6.65. The SMILES string of the molecule is CC(C)n1nccc1C(=O)NC(c1cn2ncc(C(CC(F)F)C(=O)NCC(F)(F)F)cc2n1)C1CCC(F)(F)CC1. The fourth-order valence-electron chi connectivity index (χ4n) is 5.08. The van der Waals surface area contributed by atoms with Crippen LogP contribution in [0.1, 0.15) is 85.7 Å². The molecule has 1 fully saturated rings. The number of alkyl halides is 7. The lowest BCUT2D eigenvalue weighted by Gasteiger charge is -2.33. The van der Waals surface area contributed by atoms with Gasteiger partial charge < -0.3 is 10.6 Å². The van der Waals surface area contributed by atoms with Crippen molar-refractivity contribution in [1.82, 2.24) is 35.0 Å². The molecule has 3 aromatic heterocycles. The van der Waals surface area contributed by atoms with Gasteiger partial charge in [-0.2, -0.15) is 23.4 Å². The van der Waals surface area contributed by atoms with Gasteiger partial charge >= 0.3 is 6.18 Å². The molecule has 0 aromatic carbocycles. The number of nitrogens with zero attached hydrogens (tertiary/aromatic N) is 5. The number of carbonyl (C=O) groups is 2. The minimum Gasteiger partial charge on any atom is -0.346 e. The molecule has 0 radical (unpaired) electrons. The Labute approximate surface area is 235 Å². The van der Waals surface area contributed by atoms with Gasteiger partial charge in [0, 0.05) is 31.5 Å². The lowest BCUT2D eigenvalue weighted by molar-refractivity contribution is -0.139. The molecule has 0 aliphatic heterocycles. The van der Waals surface area contributed by atoms with Crippen molar-refractivity contribution in [3.05, 3.63) is 47.7 Å². The molecule has 230 valence electrons. The van der Waals surface area contributed by atoms with E-state index < -0.39 is 61.2 Å². The second-order valence-electron chi connectivity index (χ2n) is 10.7.